The summed E-state index contributed by atoms with van der Waals surface area (Å²) in [6.45, 7) is 0.132. The number of nitrogen functional groups attached to an aromatic ring is 1. The number of hydrogen-bond donors (Lipinski definition) is 3. The lowest BCUT2D eigenvalue weighted by Gasteiger charge is -2.07. The summed E-state index contributed by atoms with van der Waals surface area (Å²) >= 11 is 5.85. The van der Waals surface area contributed by atoms with Crippen LogP contribution in [0.4, 0.5) is 11.6 Å². The number of nitrogens with zero attached hydrogens (tertiary/aromatic N) is 2. The Morgan fingerprint density at radius 1 is 1.56 bits per heavy atom. The standard InChI is InChI=1S/C9H12ClN5O/c10-7-8(11)13-4-14-9(7)12-3-6(16)15-5-1-2-5/h4-5H,1-3H2,(H,15,16)(H3,11,12,13,14). The Morgan fingerprint density at radius 3 is 3.00 bits per heavy atom. The number of aromatic nitrogens is 2. The molecule has 1 aliphatic rings. The second kappa shape index (κ2) is 4.52. The van der Waals surface area contributed by atoms with Crippen LogP contribution < -0.4 is 16.4 Å². The minimum absolute atomic E-state index is 0.0734. The van der Waals surface area contributed by atoms with E-state index in [1.54, 1.807) is 0 Å². The molecule has 4 N–H and O–H groups in total. The van der Waals surface area contributed by atoms with Crippen LogP contribution in [0.1, 0.15) is 12.8 Å². The van der Waals surface area contributed by atoms with E-state index < -0.39 is 0 Å². The largest absolute Gasteiger partial charge is 0.382 e. The lowest BCUT2D eigenvalue weighted by Crippen LogP contribution is -2.31. The van der Waals surface area contributed by atoms with Gasteiger partial charge in [-0.2, -0.15) is 0 Å². The zero-order chi connectivity index (χ0) is 11.5. The number of nitrogens with one attached hydrogen (secondary N) is 2. The summed E-state index contributed by atoms with van der Waals surface area (Å²) in [6, 6.07) is 0.347. The van der Waals surface area contributed by atoms with Crippen LogP contribution in [0.3, 0.4) is 0 Å². The summed E-state index contributed by atoms with van der Waals surface area (Å²) in [5, 5.41) is 5.89. The summed E-state index contributed by atoms with van der Waals surface area (Å²) in [7, 11) is 0. The van der Waals surface area contributed by atoms with E-state index in [0.717, 1.165) is 12.8 Å². The number of nitrogens with two attached hydrogens (primary N) is 1. The van der Waals surface area contributed by atoms with Crippen LogP contribution >= 0.6 is 11.6 Å². The highest BCUT2D eigenvalue weighted by Gasteiger charge is 2.23. The number of hydrogen-bond acceptors (Lipinski definition) is 5. The summed E-state index contributed by atoms with van der Waals surface area (Å²) in [6.07, 6.45) is 3.42. The van der Waals surface area contributed by atoms with Gasteiger partial charge < -0.3 is 16.4 Å². The fourth-order valence-electron chi connectivity index (χ4n) is 1.18. The van der Waals surface area contributed by atoms with Crippen LogP contribution in [0, 0.1) is 0 Å². The molecule has 1 aliphatic carbocycles. The normalized spacial score (nSPS) is 14.6. The first-order valence-corrected chi connectivity index (χ1v) is 5.34. The van der Waals surface area contributed by atoms with Gasteiger partial charge in [0.05, 0.1) is 6.54 Å². The Labute approximate surface area is 97.6 Å². The number of rotatable bonds is 4. The van der Waals surface area contributed by atoms with Crippen molar-refractivity contribution >= 4 is 29.1 Å². The molecule has 0 aliphatic heterocycles. The van der Waals surface area contributed by atoms with E-state index in [0.29, 0.717) is 11.9 Å². The third-order valence-corrected chi connectivity index (χ3v) is 2.55. The molecule has 1 amide bonds. The molecule has 0 saturated heterocycles. The Balaban J connectivity index is 1.88. The second-order valence-corrected chi connectivity index (χ2v) is 3.99. The fourth-order valence-corrected chi connectivity index (χ4v) is 1.34. The molecule has 0 spiro atoms. The molecule has 0 unspecified atom stereocenters. The third kappa shape index (κ3) is 2.73. The molecule has 6 nitrogen and oxygen atoms in total. The van der Waals surface area contributed by atoms with Crippen molar-refractivity contribution in [2.45, 2.75) is 18.9 Å². The zero-order valence-corrected chi connectivity index (χ0v) is 9.29. The van der Waals surface area contributed by atoms with E-state index in [2.05, 4.69) is 20.6 Å². The minimum Gasteiger partial charge on any atom is -0.382 e. The number of carbonyl (C=O) groups excluding carboxylic acids is 1. The summed E-state index contributed by atoms with van der Waals surface area (Å²) in [4.78, 5) is 19.0. The van der Waals surface area contributed by atoms with Gasteiger partial charge >= 0.3 is 0 Å². The highest BCUT2D eigenvalue weighted by molar-refractivity contribution is 6.35. The van der Waals surface area contributed by atoms with Crippen LogP contribution in [0.25, 0.3) is 0 Å². The molecule has 0 radical (unpaired) electrons. The molecule has 1 aromatic rings. The number of amides is 1. The molecule has 1 saturated carbocycles. The average Bonchev–Trinajstić information content (AvgIpc) is 3.04. The van der Waals surface area contributed by atoms with Crippen molar-refractivity contribution in [3.05, 3.63) is 11.3 Å². The lowest BCUT2D eigenvalue weighted by atomic mass is 10.5. The van der Waals surface area contributed by atoms with E-state index in [9.17, 15) is 4.79 Å². The topological polar surface area (TPSA) is 92.9 Å². The van der Waals surface area contributed by atoms with Crippen LogP contribution in [-0.4, -0.2) is 28.5 Å². The third-order valence-electron chi connectivity index (χ3n) is 2.18. The molecular weight excluding hydrogens is 230 g/mol. The number of carbonyl (C=O) groups is 1. The molecule has 2 rings (SSSR count). The first-order chi connectivity index (χ1) is 7.66. The molecule has 0 aromatic carbocycles. The quantitative estimate of drug-likeness (QED) is 0.710. The zero-order valence-electron chi connectivity index (χ0n) is 8.53. The molecule has 7 heteroatoms. The monoisotopic (exact) mass is 241 g/mol. The SMILES string of the molecule is Nc1ncnc(NCC(=O)NC2CC2)c1Cl. The smallest absolute Gasteiger partial charge is 0.239 e. The predicted octanol–water partition coefficient (Wildman–Crippen LogP) is 0.403. The molecule has 0 atom stereocenters. The highest BCUT2D eigenvalue weighted by atomic mass is 35.5. The molecule has 16 heavy (non-hydrogen) atoms. The van der Waals surface area contributed by atoms with Crippen molar-refractivity contribution in [2.24, 2.45) is 0 Å². The maximum atomic E-state index is 11.4. The van der Waals surface area contributed by atoms with Crippen molar-refractivity contribution in [2.75, 3.05) is 17.6 Å². The molecule has 1 aromatic heterocycles. The fraction of sp³-hybridized carbons (Fsp3) is 0.444. The predicted molar refractivity (Wildman–Crippen MR) is 61.1 cm³/mol. The van der Waals surface area contributed by atoms with Gasteiger partial charge in [0.2, 0.25) is 5.91 Å². The summed E-state index contributed by atoms with van der Waals surface area (Å²) < 4.78 is 0. The van der Waals surface area contributed by atoms with Crippen molar-refractivity contribution in [1.82, 2.24) is 15.3 Å². The van der Waals surface area contributed by atoms with Gasteiger partial charge in [0.15, 0.2) is 5.82 Å². The molecule has 1 fully saturated rings. The number of halogens is 1. The second-order valence-electron chi connectivity index (χ2n) is 3.62. The molecule has 0 bridgehead atoms. The van der Waals surface area contributed by atoms with E-state index in [1.807, 2.05) is 0 Å². The van der Waals surface area contributed by atoms with Gasteiger partial charge in [0, 0.05) is 6.04 Å². The minimum atomic E-state index is -0.0734. The van der Waals surface area contributed by atoms with E-state index in [1.165, 1.54) is 6.33 Å². The van der Waals surface area contributed by atoms with Gasteiger partial charge in [-0.15, -0.1) is 0 Å². The van der Waals surface area contributed by atoms with Gasteiger partial charge in [0.25, 0.3) is 0 Å². The molecule has 1 heterocycles. The highest BCUT2D eigenvalue weighted by Crippen LogP contribution is 2.23. The van der Waals surface area contributed by atoms with Gasteiger partial charge in [-0.05, 0) is 12.8 Å². The first kappa shape index (κ1) is 10.9. The van der Waals surface area contributed by atoms with Crippen molar-refractivity contribution < 1.29 is 4.79 Å². The maximum Gasteiger partial charge on any atom is 0.239 e. The van der Waals surface area contributed by atoms with E-state index in [-0.39, 0.29) is 23.3 Å². The Morgan fingerprint density at radius 2 is 2.31 bits per heavy atom. The van der Waals surface area contributed by atoms with Crippen molar-refractivity contribution in [3.63, 3.8) is 0 Å². The average molecular weight is 242 g/mol. The maximum absolute atomic E-state index is 11.4. The van der Waals surface area contributed by atoms with Crippen molar-refractivity contribution in [3.8, 4) is 0 Å². The van der Waals surface area contributed by atoms with E-state index in [4.69, 9.17) is 17.3 Å². The van der Waals surface area contributed by atoms with Crippen LogP contribution in [0.15, 0.2) is 6.33 Å². The molecular formula is C9H12ClN5O. The van der Waals surface area contributed by atoms with Crippen LogP contribution in [0.5, 0.6) is 0 Å². The van der Waals surface area contributed by atoms with Gasteiger partial charge in [-0.25, -0.2) is 9.97 Å². The van der Waals surface area contributed by atoms with Gasteiger partial charge in [0.1, 0.15) is 17.2 Å². The van der Waals surface area contributed by atoms with Crippen LogP contribution in [0.2, 0.25) is 5.02 Å². The van der Waals surface area contributed by atoms with Crippen LogP contribution in [-0.2, 0) is 4.79 Å². The van der Waals surface area contributed by atoms with Crippen molar-refractivity contribution in [1.29, 1.82) is 0 Å². The van der Waals surface area contributed by atoms with Gasteiger partial charge in [-0.3, -0.25) is 4.79 Å². The summed E-state index contributed by atoms with van der Waals surface area (Å²) in [5.74, 6) is 0.498. The van der Waals surface area contributed by atoms with E-state index >= 15 is 0 Å². The first-order valence-electron chi connectivity index (χ1n) is 4.96. The number of anilines is 2. The Hall–Kier alpha value is -1.56. The molecule has 86 valence electrons. The Kier molecular flexibility index (Phi) is 3.09. The summed E-state index contributed by atoms with van der Waals surface area (Å²) in [5.41, 5.74) is 5.49. The Bertz CT molecular complexity index is 407. The lowest BCUT2D eigenvalue weighted by molar-refractivity contribution is -0.119. The van der Waals surface area contributed by atoms with Gasteiger partial charge in [-0.1, -0.05) is 11.6 Å².